The summed E-state index contributed by atoms with van der Waals surface area (Å²) in [6.45, 7) is 5.52. The van der Waals surface area contributed by atoms with Gasteiger partial charge in [0.1, 0.15) is 29.8 Å². The number of hydrogen-bond donors (Lipinski definition) is 1. The second-order valence-electron chi connectivity index (χ2n) is 9.95. The van der Waals surface area contributed by atoms with Gasteiger partial charge in [-0.25, -0.2) is 8.42 Å². The van der Waals surface area contributed by atoms with Crippen molar-refractivity contribution in [1.82, 2.24) is 10.2 Å². The van der Waals surface area contributed by atoms with Crippen LogP contribution in [0.1, 0.15) is 37.8 Å². The molecule has 2 amide bonds. The maximum atomic E-state index is 14.3. The summed E-state index contributed by atoms with van der Waals surface area (Å²) in [7, 11) is 0.154. The molecule has 0 fully saturated rings. The van der Waals surface area contributed by atoms with Crippen LogP contribution in [0, 0.1) is 6.92 Å². The van der Waals surface area contributed by atoms with Gasteiger partial charge < -0.3 is 24.4 Å². The van der Waals surface area contributed by atoms with Crippen LogP contribution in [0.5, 0.6) is 17.2 Å². The topological polar surface area (TPSA) is 114 Å². The van der Waals surface area contributed by atoms with E-state index in [1.807, 2.05) is 26.8 Å². The monoisotopic (exact) mass is 611 g/mol. The first-order chi connectivity index (χ1) is 20.6. The van der Waals surface area contributed by atoms with Crippen LogP contribution in [-0.2, 0) is 26.2 Å². The number of sulfonamides is 1. The van der Waals surface area contributed by atoms with Crippen molar-refractivity contribution in [2.24, 2.45) is 0 Å². The summed E-state index contributed by atoms with van der Waals surface area (Å²) >= 11 is 0. The largest absolute Gasteiger partial charge is 0.497 e. The lowest BCUT2D eigenvalue weighted by atomic mass is 10.1. The number of ether oxygens (including phenoxy) is 3. The van der Waals surface area contributed by atoms with Crippen molar-refractivity contribution in [3.63, 3.8) is 0 Å². The number of benzene rings is 3. The smallest absolute Gasteiger partial charge is 0.264 e. The molecule has 0 bridgehead atoms. The molecule has 0 saturated carbocycles. The van der Waals surface area contributed by atoms with Crippen LogP contribution in [0.3, 0.4) is 0 Å². The highest BCUT2D eigenvalue weighted by Gasteiger charge is 2.35. The molecule has 43 heavy (non-hydrogen) atoms. The van der Waals surface area contributed by atoms with E-state index in [2.05, 4.69) is 5.32 Å². The van der Waals surface area contributed by atoms with E-state index < -0.39 is 28.5 Å². The highest BCUT2D eigenvalue weighted by atomic mass is 32.2. The molecular formula is C32H41N3O7S. The van der Waals surface area contributed by atoms with Crippen LogP contribution in [0.2, 0.25) is 0 Å². The number of nitrogens with one attached hydrogen (secondary N) is 1. The standard InChI is InChI=1S/C32H41N3O7S/c1-7-18-33-32(37)28(8-2)34(21-24-10-9-11-25(19-24)40-4)31(36)22-35(29-20-26(41-5)14-17-30(29)42-6)43(38,39)27-15-12-23(3)13-16-27/h9-17,19-20,28H,7-8,18,21-22H2,1-6H3,(H,33,37). The van der Waals surface area contributed by atoms with Gasteiger partial charge >= 0.3 is 0 Å². The summed E-state index contributed by atoms with van der Waals surface area (Å²) in [5, 5.41) is 2.88. The van der Waals surface area contributed by atoms with Gasteiger partial charge in [-0.3, -0.25) is 13.9 Å². The Morgan fingerprint density at radius 1 is 0.884 bits per heavy atom. The fourth-order valence-electron chi connectivity index (χ4n) is 4.60. The quantitative estimate of drug-likeness (QED) is 0.268. The minimum Gasteiger partial charge on any atom is -0.497 e. The van der Waals surface area contributed by atoms with Crippen molar-refractivity contribution < 1.29 is 32.2 Å². The second kappa shape index (κ2) is 15.3. The number of carbonyl (C=O) groups excluding carboxylic acids is 2. The molecule has 0 saturated heterocycles. The Morgan fingerprint density at radius 2 is 1.56 bits per heavy atom. The predicted molar refractivity (Wildman–Crippen MR) is 166 cm³/mol. The number of methoxy groups -OCH3 is 3. The lowest BCUT2D eigenvalue weighted by Crippen LogP contribution is -2.52. The zero-order valence-electron chi connectivity index (χ0n) is 25.6. The SMILES string of the molecule is CCCNC(=O)C(CC)N(Cc1cccc(OC)c1)C(=O)CN(c1cc(OC)ccc1OC)S(=O)(=O)c1ccc(C)cc1. The molecule has 1 unspecified atom stereocenters. The van der Waals surface area contributed by atoms with E-state index >= 15 is 0 Å². The highest BCUT2D eigenvalue weighted by molar-refractivity contribution is 7.92. The van der Waals surface area contributed by atoms with Crippen LogP contribution in [0.15, 0.2) is 71.6 Å². The average molecular weight is 612 g/mol. The molecule has 10 nitrogen and oxygen atoms in total. The highest BCUT2D eigenvalue weighted by Crippen LogP contribution is 2.36. The number of carbonyl (C=O) groups is 2. The molecular weight excluding hydrogens is 570 g/mol. The van der Waals surface area contributed by atoms with Crippen LogP contribution < -0.4 is 23.8 Å². The number of amides is 2. The Morgan fingerprint density at radius 3 is 2.16 bits per heavy atom. The molecule has 0 aliphatic rings. The summed E-state index contributed by atoms with van der Waals surface area (Å²) in [5.74, 6) is 0.329. The van der Waals surface area contributed by atoms with E-state index in [1.54, 1.807) is 49.6 Å². The van der Waals surface area contributed by atoms with Gasteiger partial charge in [0.15, 0.2) is 0 Å². The molecule has 3 aromatic rings. The third-order valence-electron chi connectivity index (χ3n) is 6.96. The van der Waals surface area contributed by atoms with Gasteiger partial charge in [-0.05, 0) is 61.7 Å². The second-order valence-corrected chi connectivity index (χ2v) is 11.8. The van der Waals surface area contributed by atoms with E-state index in [1.165, 1.54) is 37.3 Å². The summed E-state index contributed by atoms with van der Waals surface area (Å²) < 4.78 is 45.7. The van der Waals surface area contributed by atoms with Crippen molar-refractivity contribution >= 4 is 27.5 Å². The lowest BCUT2D eigenvalue weighted by Gasteiger charge is -2.33. The van der Waals surface area contributed by atoms with Gasteiger partial charge in [-0.15, -0.1) is 0 Å². The zero-order valence-corrected chi connectivity index (χ0v) is 26.4. The number of rotatable bonds is 15. The summed E-state index contributed by atoms with van der Waals surface area (Å²) in [4.78, 5) is 29.0. The molecule has 0 radical (unpaired) electrons. The third kappa shape index (κ3) is 8.19. The molecule has 1 atom stereocenters. The molecule has 0 spiro atoms. The van der Waals surface area contributed by atoms with Crippen molar-refractivity contribution in [2.45, 2.75) is 51.1 Å². The van der Waals surface area contributed by atoms with Crippen LogP contribution in [0.25, 0.3) is 0 Å². The number of hydrogen-bond acceptors (Lipinski definition) is 7. The molecule has 0 aliphatic heterocycles. The molecule has 232 valence electrons. The fraction of sp³-hybridized carbons (Fsp3) is 0.375. The Labute approximate surface area is 254 Å². The Balaban J connectivity index is 2.15. The van der Waals surface area contributed by atoms with Gasteiger partial charge in [-0.2, -0.15) is 0 Å². The fourth-order valence-corrected chi connectivity index (χ4v) is 6.01. The summed E-state index contributed by atoms with van der Waals surface area (Å²) in [6, 6.07) is 17.4. The number of aryl methyl sites for hydroxylation is 1. The van der Waals surface area contributed by atoms with Gasteiger partial charge in [-0.1, -0.05) is 43.7 Å². The first-order valence-electron chi connectivity index (χ1n) is 14.1. The van der Waals surface area contributed by atoms with Gasteiger partial charge in [0.2, 0.25) is 11.8 Å². The molecule has 3 rings (SSSR count). The van der Waals surface area contributed by atoms with Crippen LogP contribution >= 0.6 is 0 Å². The normalized spacial score (nSPS) is 11.8. The Kier molecular flexibility index (Phi) is 11.8. The van der Waals surface area contributed by atoms with E-state index in [4.69, 9.17) is 14.2 Å². The maximum Gasteiger partial charge on any atom is 0.264 e. The van der Waals surface area contributed by atoms with Crippen LogP contribution in [0.4, 0.5) is 5.69 Å². The van der Waals surface area contributed by atoms with Gasteiger partial charge in [0.05, 0.1) is 31.9 Å². The Hall–Kier alpha value is -4.25. The molecule has 0 aromatic heterocycles. The van der Waals surface area contributed by atoms with E-state index in [0.29, 0.717) is 24.5 Å². The zero-order chi connectivity index (χ0) is 31.6. The summed E-state index contributed by atoms with van der Waals surface area (Å²) in [6.07, 6.45) is 1.04. The molecule has 11 heteroatoms. The molecule has 3 aromatic carbocycles. The van der Waals surface area contributed by atoms with Crippen LogP contribution in [-0.4, -0.2) is 65.6 Å². The Bertz CT molecular complexity index is 1490. The molecule has 0 heterocycles. The van der Waals surface area contributed by atoms with Gasteiger partial charge in [0.25, 0.3) is 10.0 Å². The van der Waals surface area contributed by atoms with E-state index in [0.717, 1.165) is 21.9 Å². The number of anilines is 1. The minimum atomic E-state index is -4.28. The van der Waals surface area contributed by atoms with E-state index in [-0.39, 0.29) is 28.8 Å². The van der Waals surface area contributed by atoms with Gasteiger partial charge in [0, 0.05) is 19.2 Å². The van der Waals surface area contributed by atoms with Crippen molar-refractivity contribution in [1.29, 1.82) is 0 Å². The number of nitrogens with zero attached hydrogens (tertiary/aromatic N) is 2. The third-order valence-corrected chi connectivity index (χ3v) is 8.74. The van der Waals surface area contributed by atoms with E-state index in [9.17, 15) is 18.0 Å². The lowest BCUT2D eigenvalue weighted by molar-refractivity contribution is -0.140. The first kappa shape index (κ1) is 33.3. The van der Waals surface area contributed by atoms with Crippen molar-refractivity contribution in [2.75, 3.05) is 38.7 Å². The average Bonchev–Trinajstić information content (AvgIpc) is 3.02. The predicted octanol–water partition coefficient (Wildman–Crippen LogP) is 4.55. The molecule has 1 N–H and O–H groups in total. The van der Waals surface area contributed by atoms with Crippen molar-refractivity contribution in [3.8, 4) is 17.2 Å². The first-order valence-corrected chi connectivity index (χ1v) is 15.5. The maximum absolute atomic E-state index is 14.3. The summed E-state index contributed by atoms with van der Waals surface area (Å²) in [5.41, 5.74) is 1.73. The molecule has 0 aliphatic carbocycles. The van der Waals surface area contributed by atoms with Crippen molar-refractivity contribution in [3.05, 3.63) is 77.9 Å². The minimum absolute atomic E-state index is 0.00264.